The van der Waals surface area contributed by atoms with Crippen LogP contribution in [-0.2, 0) is 17.9 Å². The van der Waals surface area contributed by atoms with Gasteiger partial charge in [-0.25, -0.2) is 9.37 Å². The summed E-state index contributed by atoms with van der Waals surface area (Å²) in [6.07, 6.45) is 4.53. The van der Waals surface area contributed by atoms with Crippen molar-refractivity contribution in [1.82, 2.24) is 23.9 Å². The van der Waals surface area contributed by atoms with Crippen molar-refractivity contribution in [1.29, 1.82) is 0 Å². The third-order valence-electron chi connectivity index (χ3n) is 9.09. The number of carbonyl (C=O) groups is 2. The summed E-state index contributed by atoms with van der Waals surface area (Å²) in [6.45, 7) is 4.37. The van der Waals surface area contributed by atoms with E-state index in [0.29, 0.717) is 68.6 Å². The molecule has 224 valence electrons. The fraction of sp³-hybridized carbons (Fsp3) is 0.394. The number of hydrogen-bond acceptors (Lipinski definition) is 5. The summed E-state index contributed by atoms with van der Waals surface area (Å²) in [5, 5.41) is 12.0. The standard InChI is InChI=1S/C33H36FN5O4/c1-2-36-16-13-27-29(36)35-22-39(32(27)42)21-33(43)14-18-37(19-15-33)31(41)26-12-17-38(20-28(26)23-6-4-3-5-7-23)30(40)24-8-10-25(34)11-9-24/h3-11,13,16,22,26,28,43H,2,12,14-15,17-21H2,1H3. The summed E-state index contributed by atoms with van der Waals surface area (Å²) >= 11 is 0. The number of piperidine rings is 2. The Labute approximate surface area is 249 Å². The number of halogens is 1. The Bertz CT molecular complexity index is 1680. The molecular formula is C33H36FN5O4. The van der Waals surface area contributed by atoms with E-state index < -0.39 is 11.4 Å². The molecule has 2 aliphatic heterocycles. The van der Waals surface area contributed by atoms with E-state index in [2.05, 4.69) is 4.98 Å². The van der Waals surface area contributed by atoms with Gasteiger partial charge in [0.25, 0.3) is 11.5 Å². The lowest BCUT2D eigenvalue weighted by molar-refractivity contribution is -0.142. The summed E-state index contributed by atoms with van der Waals surface area (Å²) in [5.41, 5.74) is 0.730. The minimum Gasteiger partial charge on any atom is -0.388 e. The Balaban J connectivity index is 1.15. The fourth-order valence-corrected chi connectivity index (χ4v) is 6.57. The van der Waals surface area contributed by atoms with Crippen LogP contribution in [0.5, 0.6) is 0 Å². The lowest BCUT2D eigenvalue weighted by atomic mass is 9.79. The molecule has 2 unspecified atom stereocenters. The fourth-order valence-electron chi connectivity index (χ4n) is 6.57. The summed E-state index contributed by atoms with van der Waals surface area (Å²) in [4.78, 5) is 48.3. The van der Waals surface area contributed by atoms with Gasteiger partial charge in [-0.05, 0) is 62.1 Å². The van der Waals surface area contributed by atoms with Gasteiger partial charge in [0.2, 0.25) is 5.91 Å². The third kappa shape index (κ3) is 5.71. The van der Waals surface area contributed by atoms with Crippen molar-refractivity contribution in [2.24, 2.45) is 5.92 Å². The van der Waals surface area contributed by atoms with Crippen LogP contribution in [0, 0.1) is 11.7 Å². The largest absolute Gasteiger partial charge is 0.388 e. The zero-order valence-electron chi connectivity index (χ0n) is 24.2. The van der Waals surface area contributed by atoms with Crippen molar-refractivity contribution < 1.29 is 19.1 Å². The van der Waals surface area contributed by atoms with Crippen molar-refractivity contribution in [3.63, 3.8) is 0 Å². The van der Waals surface area contributed by atoms with Gasteiger partial charge in [-0.15, -0.1) is 0 Å². The number of aliphatic hydroxyl groups is 1. The first-order chi connectivity index (χ1) is 20.8. The quantitative estimate of drug-likeness (QED) is 0.372. The van der Waals surface area contributed by atoms with Gasteiger partial charge >= 0.3 is 0 Å². The Kier molecular flexibility index (Phi) is 7.87. The average molecular weight is 586 g/mol. The molecular weight excluding hydrogens is 549 g/mol. The van der Waals surface area contributed by atoms with Crippen LogP contribution < -0.4 is 5.56 Å². The number of fused-ring (bicyclic) bond motifs is 1. The van der Waals surface area contributed by atoms with Gasteiger partial charge in [0, 0.05) is 56.3 Å². The zero-order valence-corrected chi connectivity index (χ0v) is 24.2. The van der Waals surface area contributed by atoms with Crippen LogP contribution in [0.2, 0.25) is 0 Å². The molecule has 0 saturated carbocycles. The molecule has 4 aromatic rings. The van der Waals surface area contributed by atoms with E-state index in [4.69, 9.17) is 0 Å². The molecule has 43 heavy (non-hydrogen) atoms. The van der Waals surface area contributed by atoms with E-state index >= 15 is 0 Å². The van der Waals surface area contributed by atoms with Crippen LogP contribution in [0.3, 0.4) is 0 Å². The van der Waals surface area contributed by atoms with Gasteiger partial charge in [-0.3, -0.25) is 19.0 Å². The van der Waals surface area contributed by atoms with Crippen LogP contribution in [-0.4, -0.2) is 72.6 Å². The number of rotatable bonds is 6. The van der Waals surface area contributed by atoms with E-state index in [1.807, 2.05) is 52.9 Å². The average Bonchev–Trinajstić information content (AvgIpc) is 3.46. The molecule has 0 bridgehead atoms. The van der Waals surface area contributed by atoms with Crippen molar-refractivity contribution in [3.05, 3.63) is 100 Å². The molecule has 0 spiro atoms. The first kappa shape index (κ1) is 28.8. The molecule has 2 amide bonds. The highest BCUT2D eigenvalue weighted by atomic mass is 19.1. The SMILES string of the molecule is CCn1ccc2c(=O)n(CC3(O)CCN(C(=O)C4CCN(C(=O)c5ccc(F)cc5)CC4c4ccccc4)CC3)cnc21. The second-order valence-electron chi connectivity index (χ2n) is 11.7. The van der Waals surface area contributed by atoms with E-state index in [1.54, 1.807) is 11.0 Å². The first-order valence-electron chi connectivity index (χ1n) is 14.9. The normalized spacial score (nSPS) is 20.3. The number of carbonyl (C=O) groups excluding carboxylic acids is 2. The number of aryl methyl sites for hydroxylation is 1. The van der Waals surface area contributed by atoms with E-state index in [1.165, 1.54) is 35.2 Å². The minimum atomic E-state index is -1.13. The Morgan fingerprint density at radius 1 is 0.977 bits per heavy atom. The second kappa shape index (κ2) is 11.8. The van der Waals surface area contributed by atoms with Crippen molar-refractivity contribution in [3.8, 4) is 0 Å². The molecule has 1 N–H and O–H groups in total. The topological polar surface area (TPSA) is 101 Å². The number of nitrogens with zero attached hydrogens (tertiary/aromatic N) is 5. The van der Waals surface area contributed by atoms with Gasteiger partial charge < -0.3 is 19.5 Å². The Morgan fingerprint density at radius 2 is 1.70 bits per heavy atom. The van der Waals surface area contributed by atoms with Gasteiger partial charge in [0.05, 0.1) is 17.5 Å². The lowest BCUT2D eigenvalue weighted by Crippen LogP contribution is -2.53. The Hall–Kier alpha value is -4.31. The molecule has 0 aliphatic carbocycles. The number of amides is 2. The smallest absolute Gasteiger partial charge is 0.262 e. The predicted octanol–water partition coefficient (Wildman–Crippen LogP) is 3.66. The molecule has 0 radical (unpaired) electrons. The molecule has 4 heterocycles. The number of aromatic nitrogens is 3. The van der Waals surface area contributed by atoms with Crippen molar-refractivity contribution >= 4 is 22.8 Å². The summed E-state index contributed by atoms with van der Waals surface area (Å²) in [5.74, 6) is -1.06. The van der Waals surface area contributed by atoms with E-state index in [0.717, 1.165) is 5.56 Å². The van der Waals surface area contributed by atoms with Gasteiger partial charge in [-0.1, -0.05) is 30.3 Å². The molecule has 2 saturated heterocycles. The first-order valence-corrected chi connectivity index (χ1v) is 14.9. The molecule has 2 atom stereocenters. The minimum absolute atomic E-state index is 0.0194. The Morgan fingerprint density at radius 3 is 2.40 bits per heavy atom. The summed E-state index contributed by atoms with van der Waals surface area (Å²) in [6, 6.07) is 17.1. The summed E-state index contributed by atoms with van der Waals surface area (Å²) in [7, 11) is 0. The molecule has 2 fully saturated rings. The highest BCUT2D eigenvalue weighted by Crippen LogP contribution is 2.36. The number of benzene rings is 2. The molecule has 2 aliphatic rings. The molecule has 9 nitrogen and oxygen atoms in total. The van der Waals surface area contributed by atoms with Crippen LogP contribution in [0.25, 0.3) is 11.0 Å². The highest BCUT2D eigenvalue weighted by molar-refractivity contribution is 5.94. The number of hydrogen-bond donors (Lipinski definition) is 1. The second-order valence-corrected chi connectivity index (χ2v) is 11.7. The molecule has 2 aromatic carbocycles. The van der Waals surface area contributed by atoms with E-state index in [9.17, 15) is 23.9 Å². The third-order valence-corrected chi connectivity index (χ3v) is 9.09. The molecule has 2 aromatic heterocycles. The van der Waals surface area contributed by atoms with Gasteiger partial charge in [0.15, 0.2) is 0 Å². The van der Waals surface area contributed by atoms with Crippen LogP contribution in [0.4, 0.5) is 4.39 Å². The lowest BCUT2D eigenvalue weighted by Gasteiger charge is -2.43. The maximum Gasteiger partial charge on any atom is 0.262 e. The van der Waals surface area contributed by atoms with Crippen LogP contribution in [0.15, 0.2) is 78.0 Å². The van der Waals surface area contributed by atoms with Gasteiger partial charge in [0.1, 0.15) is 17.8 Å². The van der Waals surface area contributed by atoms with Gasteiger partial charge in [-0.2, -0.15) is 0 Å². The van der Waals surface area contributed by atoms with E-state index in [-0.39, 0.29) is 35.8 Å². The highest BCUT2D eigenvalue weighted by Gasteiger charge is 2.41. The number of likely N-dealkylation sites (tertiary alicyclic amines) is 2. The van der Waals surface area contributed by atoms with Crippen LogP contribution >= 0.6 is 0 Å². The molecule has 10 heteroatoms. The molecule has 6 rings (SSSR count). The van der Waals surface area contributed by atoms with Crippen LogP contribution in [0.1, 0.15) is 48.0 Å². The zero-order chi connectivity index (χ0) is 30.1. The monoisotopic (exact) mass is 585 g/mol. The predicted molar refractivity (Wildman–Crippen MR) is 160 cm³/mol. The van der Waals surface area contributed by atoms with Crippen molar-refractivity contribution in [2.75, 3.05) is 26.2 Å². The maximum atomic E-state index is 14.0. The summed E-state index contributed by atoms with van der Waals surface area (Å²) < 4.78 is 16.8. The maximum absolute atomic E-state index is 14.0. The van der Waals surface area contributed by atoms with Crippen molar-refractivity contribution in [2.45, 2.75) is 50.8 Å².